The lowest BCUT2D eigenvalue weighted by Crippen LogP contribution is -2.71. The van der Waals surface area contributed by atoms with Crippen molar-refractivity contribution in [3.8, 4) is 0 Å². The number of hydrogen-bond donors (Lipinski definition) is 0. The van der Waals surface area contributed by atoms with Crippen LogP contribution in [0.2, 0.25) is 0 Å². The van der Waals surface area contributed by atoms with Gasteiger partial charge < -0.3 is 13.9 Å². The minimum atomic E-state index is -0.912. The van der Waals surface area contributed by atoms with Crippen LogP contribution in [0.3, 0.4) is 0 Å². The van der Waals surface area contributed by atoms with Crippen molar-refractivity contribution >= 4 is 17.5 Å². The molecule has 1 spiro atoms. The molecule has 5 aliphatic rings. The highest BCUT2D eigenvalue weighted by atomic mass is 16.7. The Morgan fingerprint density at radius 3 is 2.44 bits per heavy atom. The molecule has 1 aromatic heterocycles. The number of ether oxygens (including phenoxy) is 2. The molecule has 0 radical (unpaired) electrons. The Balaban J connectivity index is 1.53. The first-order valence-corrected chi connectivity index (χ1v) is 11.6. The molecule has 6 rings (SSSR count). The first kappa shape index (κ1) is 20.4. The van der Waals surface area contributed by atoms with Gasteiger partial charge in [-0.1, -0.05) is 33.8 Å². The van der Waals surface area contributed by atoms with Crippen LogP contribution in [0.1, 0.15) is 65.5 Å². The minimum absolute atomic E-state index is 0.0288. The Hall–Kier alpha value is -2.21. The van der Waals surface area contributed by atoms with Gasteiger partial charge in [-0.3, -0.25) is 9.59 Å². The Bertz CT molecular complexity index is 1080. The number of allylic oxidation sites excluding steroid dienone is 2. The van der Waals surface area contributed by atoms with E-state index in [9.17, 15) is 14.4 Å². The highest BCUT2D eigenvalue weighted by Gasteiger charge is 2.88. The summed E-state index contributed by atoms with van der Waals surface area (Å²) in [6.07, 6.45) is 7.57. The van der Waals surface area contributed by atoms with E-state index < -0.39 is 40.0 Å². The number of hydrogen-bond acceptors (Lipinski definition) is 6. The van der Waals surface area contributed by atoms with Crippen molar-refractivity contribution in [1.82, 2.24) is 0 Å². The van der Waals surface area contributed by atoms with E-state index in [1.165, 1.54) is 0 Å². The average Bonchev–Trinajstić information content (AvgIpc) is 3.30. The number of cyclic esters (lactones) is 1. The molecule has 32 heavy (non-hydrogen) atoms. The molecule has 0 unspecified atom stereocenters. The summed E-state index contributed by atoms with van der Waals surface area (Å²) in [6, 6.07) is 1.83. The van der Waals surface area contributed by atoms with Crippen molar-refractivity contribution < 1.29 is 28.3 Å². The Morgan fingerprint density at radius 1 is 1.00 bits per heavy atom. The summed E-state index contributed by atoms with van der Waals surface area (Å²) in [7, 11) is 0. The first-order valence-electron chi connectivity index (χ1n) is 11.6. The average molecular weight is 439 g/mol. The topological polar surface area (TPSA) is 86.1 Å². The van der Waals surface area contributed by atoms with Gasteiger partial charge in [0.05, 0.1) is 17.9 Å². The summed E-state index contributed by atoms with van der Waals surface area (Å²) in [6.45, 7) is 10.2. The van der Waals surface area contributed by atoms with Gasteiger partial charge in [-0.25, -0.2) is 4.79 Å². The molecular weight excluding hydrogens is 408 g/mol. The Kier molecular flexibility index (Phi) is 3.60. The number of furan rings is 1. The predicted octanol–water partition coefficient (Wildman–Crippen LogP) is 4.20. The highest BCUT2D eigenvalue weighted by Crippen LogP contribution is 2.78. The Labute approximate surface area is 187 Å². The summed E-state index contributed by atoms with van der Waals surface area (Å²) in [5.41, 5.74) is -2.45. The SMILES string of the molecule is CC1(C)C(=O)C=C[C@]2(C)[C@@H]1CC(=O)[C@]1(C)[C@H]2CC[C@@]2(C)[C@H](c3ccoc3)OC(=O)[C@H]3O[C@@]321. The second-order valence-corrected chi connectivity index (χ2v) is 11.8. The summed E-state index contributed by atoms with van der Waals surface area (Å²) < 4.78 is 17.5. The maximum absolute atomic E-state index is 14.1. The van der Waals surface area contributed by atoms with Gasteiger partial charge in [0.2, 0.25) is 0 Å². The van der Waals surface area contributed by atoms with Crippen LogP contribution in [0, 0.1) is 33.5 Å². The molecule has 0 amide bonds. The van der Waals surface area contributed by atoms with E-state index in [0.717, 1.165) is 18.4 Å². The zero-order valence-corrected chi connectivity index (χ0v) is 19.3. The molecule has 4 fully saturated rings. The zero-order chi connectivity index (χ0) is 22.9. The van der Waals surface area contributed by atoms with Crippen LogP contribution in [-0.4, -0.2) is 29.2 Å². The second-order valence-electron chi connectivity index (χ2n) is 11.8. The number of esters is 1. The molecular formula is C26H30O6. The molecule has 1 aromatic rings. The van der Waals surface area contributed by atoms with E-state index in [1.807, 2.05) is 32.9 Å². The van der Waals surface area contributed by atoms with Crippen LogP contribution in [0.5, 0.6) is 0 Å². The molecule has 0 N–H and O–H groups in total. The van der Waals surface area contributed by atoms with Gasteiger partial charge in [0.1, 0.15) is 17.5 Å². The van der Waals surface area contributed by atoms with Crippen molar-refractivity contribution in [1.29, 1.82) is 0 Å². The van der Waals surface area contributed by atoms with Gasteiger partial charge in [-0.2, -0.15) is 0 Å². The molecule has 3 heterocycles. The molecule has 3 aliphatic carbocycles. The number of carbonyl (C=O) groups excluding carboxylic acids is 3. The van der Waals surface area contributed by atoms with Crippen molar-refractivity contribution in [3.05, 3.63) is 36.3 Å². The van der Waals surface area contributed by atoms with E-state index in [-0.39, 0.29) is 28.8 Å². The smallest absolute Gasteiger partial charge is 0.339 e. The van der Waals surface area contributed by atoms with Crippen LogP contribution in [0.4, 0.5) is 0 Å². The van der Waals surface area contributed by atoms with Gasteiger partial charge in [-0.05, 0) is 49.2 Å². The monoisotopic (exact) mass is 438 g/mol. The lowest BCUT2D eigenvalue weighted by Gasteiger charge is -2.66. The van der Waals surface area contributed by atoms with Gasteiger partial charge in [0.15, 0.2) is 11.9 Å². The van der Waals surface area contributed by atoms with E-state index in [0.29, 0.717) is 6.42 Å². The molecule has 2 saturated carbocycles. The molecule has 6 heteroatoms. The van der Waals surface area contributed by atoms with Crippen molar-refractivity contribution in [2.45, 2.75) is 71.7 Å². The molecule has 6 nitrogen and oxygen atoms in total. The van der Waals surface area contributed by atoms with Crippen LogP contribution in [0.15, 0.2) is 35.2 Å². The maximum atomic E-state index is 14.1. The van der Waals surface area contributed by atoms with Crippen molar-refractivity contribution in [2.75, 3.05) is 0 Å². The van der Waals surface area contributed by atoms with E-state index in [1.54, 1.807) is 18.6 Å². The molecule has 170 valence electrons. The third-order valence-electron chi connectivity index (χ3n) is 10.3. The summed E-state index contributed by atoms with van der Waals surface area (Å²) in [5.74, 6) is -0.312. The zero-order valence-electron chi connectivity index (χ0n) is 19.3. The molecule has 8 atom stereocenters. The molecule has 0 aromatic carbocycles. The quantitative estimate of drug-likeness (QED) is 0.483. The van der Waals surface area contributed by atoms with E-state index in [4.69, 9.17) is 13.9 Å². The van der Waals surface area contributed by atoms with Crippen LogP contribution < -0.4 is 0 Å². The van der Waals surface area contributed by atoms with Gasteiger partial charge in [0, 0.05) is 22.8 Å². The van der Waals surface area contributed by atoms with E-state index in [2.05, 4.69) is 13.8 Å². The molecule has 0 bridgehead atoms. The van der Waals surface area contributed by atoms with Crippen LogP contribution in [-0.2, 0) is 23.9 Å². The van der Waals surface area contributed by atoms with Crippen LogP contribution >= 0.6 is 0 Å². The maximum Gasteiger partial charge on any atom is 0.339 e. The van der Waals surface area contributed by atoms with Gasteiger partial charge in [0.25, 0.3) is 0 Å². The van der Waals surface area contributed by atoms with Crippen LogP contribution in [0.25, 0.3) is 0 Å². The number of fused-ring (bicyclic) bond motifs is 3. The minimum Gasteiger partial charge on any atom is -0.472 e. The molecule has 2 aliphatic heterocycles. The summed E-state index contributed by atoms with van der Waals surface area (Å²) in [4.78, 5) is 39.8. The third kappa shape index (κ3) is 1.92. The lowest BCUT2D eigenvalue weighted by molar-refractivity contribution is -0.210. The number of Topliss-reactive ketones (excluding diaryl/α,β-unsaturated/α-hetero) is 1. The number of ketones is 2. The second kappa shape index (κ2) is 5.64. The fourth-order valence-corrected chi connectivity index (χ4v) is 8.56. The number of epoxide rings is 1. The summed E-state index contributed by atoms with van der Waals surface area (Å²) in [5, 5.41) is 0. The standard InChI is InChI=1S/C26H30O6/c1-22(2)16-12-18(28)25(5)15(23(16,3)9-7-17(22)27)6-10-24(4)19(14-8-11-30-13-14)31-21(29)20-26(24,25)32-20/h7-9,11,13,15-16,19-20H,6,10,12H2,1-5H3/t15-,16+,19-,20+,23-,24-,25-,26-/m0/s1. The van der Waals surface area contributed by atoms with Crippen molar-refractivity contribution in [2.24, 2.45) is 33.5 Å². The normalized spacial score (nSPS) is 50.6. The van der Waals surface area contributed by atoms with Gasteiger partial charge in [-0.15, -0.1) is 0 Å². The van der Waals surface area contributed by atoms with E-state index >= 15 is 0 Å². The van der Waals surface area contributed by atoms with Gasteiger partial charge >= 0.3 is 5.97 Å². The number of rotatable bonds is 1. The summed E-state index contributed by atoms with van der Waals surface area (Å²) >= 11 is 0. The molecule has 2 saturated heterocycles. The first-order chi connectivity index (χ1) is 14.9. The highest BCUT2D eigenvalue weighted by molar-refractivity contribution is 5.98. The fraction of sp³-hybridized carbons (Fsp3) is 0.654. The lowest BCUT2D eigenvalue weighted by atomic mass is 9.36. The predicted molar refractivity (Wildman–Crippen MR) is 113 cm³/mol. The Morgan fingerprint density at radius 2 is 1.75 bits per heavy atom. The largest absolute Gasteiger partial charge is 0.472 e. The third-order valence-corrected chi connectivity index (χ3v) is 10.3. The fourth-order valence-electron chi connectivity index (χ4n) is 8.56. The number of carbonyl (C=O) groups is 3. The van der Waals surface area contributed by atoms with Crippen molar-refractivity contribution in [3.63, 3.8) is 0 Å².